The minimum absolute atomic E-state index is 0.0775. The fourth-order valence-corrected chi connectivity index (χ4v) is 5.00. The lowest BCUT2D eigenvalue weighted by Gasteiger charge is -2.31. The Balaban J connectivity index is 1.41. The molecule has 40 heavy (non-hydrogen) atoms. The molecule has 0 aliphatic heterocycles. The number of methoxy groups -OCH3 is 2. The third-order valence-corrected chi connectivity index (χ3v) is 6.92. The molecule has 1 aliphatic carbocycles. The number of hydrogen-bond acceptors (Lipinski definition) is 7. The molecule has 8 nitrogen and oxygen atoms in total. The largest absolute Gasteiger partial charge is 0.497 e. The number of benzene rings is 4. The Morgan fingerprint density at radius 1 is 0.825 bits per heavy atom. The van der Waals surface area contributed by atoms with Gasteiger partial charge in [0.05, 0.1) is 14.2 Å². The molecule has 4 aromatic rings. The van der Waals surface area contributed by atoms with Crippen LogP contribution in [0.15, 0.2) is 97.1 Å². The predicted molar refractivity (Wildman–Crippen MR) is 148 cm³/mol. The lowest BCUT2D eigenvalue weighted by atomic mass is 9.98. The van der Waals surface area contributed by atoms with Gasteiger partial charge in [0.1, 0.15) is 23.9 Å². The van der Waals surface area contributed by atoms with Crippen LogP contribution >= 0.6 is 0 Å². The van der Waals surface area contributed by atoms with Crippen LogP contribution in [0.3, 0.4) is 0 Å². The summed E-state index contributed by atoms with van der Waals surface area (Å²) in [7, 11) is 3.05. The van der Waals surface area contributed by atoms with Gasteiger partial charge < -0.3 is 19.5 Å². The molecule has 1 amide bonds. The van der Waals surface area contributed by atoms with Crippen molar-refractivity contribution in [2.75, 3.05) is 20.8 Å². The van der Waals surface area contributed by atoms with Gasteiger partial charge >= 0.3 is 5.97 Å². The van der Waals surface area contributed by atoms with E-state index in [1.165, 1.54) is 7.11 Å². The quantitative estimate of drug-likeness (QED) is 0.117. The first kappa shape index (κ1) is 26.8. The number of amides is 1. The Morgan fingerprint density at radius 3 is 2.10 bits per heavy atom. The van der Waals surface area contributed by atoms with E-state index in [0.717, 1.165) is 22.3 Å². The van der Waals surface area contributed by atoms with Gasteiger partial charge in [0.15, 0.2) is 0 Å². The van der Waals surface area contributed by atoms with Gasteiger partial charge in [-0.15, -0.1) is 0 Å². The summed E-state index contributed by atoms with van der Waals surface area (Å²) in [4.78, 5) is 36.5. The smallest absolute Gasteiger partial charge is 0.406 e. The van der Waals surface area contributed by atoms with E-state index >= 15 is 0 Å². The van der Waals surface area contributed by atoms with Gasteiger partial charge in [-0.1, -0.05) is 72.8 Å². The van der Waals surface area contributed by atoms with E-state index in [0.29, 0.717) is 29.2 Å². The van der Waals surface area contributed by atoms with E-state index in [9.17, 15) is 9.59 Å². The molecular formula is C32H29NO7. The number of carbonyl (C=O) groups excluding carboxylic acids is 2. The molecule has 5 rings (SSSR count). The molecule has 0 spiro atoms. The predicted octanol–water partition coefficient (Wildman–Crippen LogP) is 5.05. The van der Waals surface area contributed by atoms with Crippen molar-refractivity contribution in [3.05, 3.63) is 114 Å². The summed E-state index contributed by atoms with van der Waals surface area (Å²) < 4.78 is 16.9. The van der Waals surface area contributed by atoms with E-state index in [2.05, 4.69) is 17.4 Å². The fraction of sp³-hybridized carbons (Fsp3) is 0.188. The van der Waals surface area contributed by atoms with Gasteiger partial charge in [-0.2, -0.15) is 4.89 Å². The highest BCUT2D eigenvalue weighted by atomic mass is 17.2. The third kappa shape index (κ3) is 5.34. The summed E-state index contributed by atoms with van der Waals surface area (Å²) in [5, 5.41) is 2.54. The van der Waals surface area contributed by atoms with Crippen molar-refractivity contribution in [3.8, 4) is 28.4 Å². The Bertz CT molecular complexity index is 1440. The molecule has 1 N–H and O–H groups in total. The maximum Gasteiger partial charge on any atom is 0.406 e. The second kappa shape index (κ2) is 11.9. The highest BCUT2D eigenvalue weighted by Crippen LogP contribution is 2.44. The first-order valence-corrected chi connectivity index (χ1v) is 12.8. The highest BCUT2D eigenvalue weighted by Gasteiger charge is 2.45. The van der Waals surface area contributed by atoms with Gasteiger partial charge in [-0.05, 0) is 40.5 Å². The van der Waals surface area contributed by atoms with Crippen molar-refractivity contribution in [2.45, 2.75) is 18.1 Å². The second-order valence-electron chi connectivity index (χ2n) is 9.24. The number of para-hydroxylation sites is 1. The molecule has 8 heteroatoms. The Labute approximate surface area is 232 Å². The van der Waals surface area contributed by atoms with Gasteiger partial charge in [-0.3, -0.25) is 9.68 Å². The van der Waals surface area contributed by atoms with Crippen molar-refractivity contribution >= 4 is 12.4 Å². The molecule has 0 bridgehead atoms. The molecule has 0 aromatic heterocycles. The summed E-state index contributed by atoms with van der Waals surface area (Å²) in [6.45, 7) is 0.0775. The third-order valence-electron chi connectivity index (χ3n) is 6.92. The molecule has 0 radical (unpaired) electrons. The number of ether oxygens (including phenoxy) is 3. The standard InChI is InChI=1S/C32H29NO7/c1-36-24-17-16-22(30(18-24)37-2)19-32(33-21-34,39-23-10-4-3-5-11-23)31(35)40-38-20-29-27-14-8-6-12-25(27)26-13-7-9-15-28(26)29/h3-18,21,29H,19-20H2,1-2H3,(H,33,34). The lowest BCUT2D eigenvalue weighted by Crippen LogP contribution is -2.58. The van der Waals surface area contributed by atoms with E-state index in [1.807, 2.05) is 42.5 Å². The normalized spacial score (nSPS) is 13.3. The van der Waals surface area contributed by atoms with Crippen LogP contribution in [0.4, 0.5) is 0 Å². The topological polar surface area (TPSA) is 92.3 Å². The Hall–Kier alpha value is -4.82. The molecule has 0 heterocycles. The fourth-order valence-electron chi connectivity index (χ4n) is 5.00. The van der Waals surface area contributed by atoms with Gasteiger partial charge in [0.25, 0.3) is 5.72 Å². The summed E-state index contributed by atoms with van der Waals surface area (Å²) >= 11 is 0. The highest BCUT2D eigenvalue weighted by molar-refractivity contribution is 5.82. The number of rotatable bonds is 12. The molecule has 204 valence electrons. The van der Waals surface area contributed by atoms with Crippen molar-refractivity contribution in [2.24, 2.45) is 0 Å². The van der Waals surface area contributed by atoms with Crippen molar-refractivity contribution < 1.29 is 33.6 Å². The van der Waals surface area contributed by atoms with E-state index in [1.54, 1.807) is 49.6 Å². The Kier molecular flexibility index (Phi) is 7.98. The SMILES string of the molecule is COc1ccc(CC(NC=O)(Oc2ccccc2)C(=O)OOCC2c3ccccc3-c3ccccc32)c(OC)c1. The van der Waals surface area contributed by atoms with Crippen LogP contribution in [-0.4, -0.2) is 38.9 Å². The van der Waals surface area contributed by atoms with Crippen LogP contribution in [0.25, 0.3) is 11.1 Å². The molecule has 0 saturated heterocycles. The molecular weight excluding hydrogens is 510 g/mol. The molecule has 1 aliphatic rings. The van der Waals surface area contributed by atoms with Crippen molar-refractivity contribution in [3.63, 3.8) is 0 Å². The molecule has 4 aromatic carbocycles. The van der Waals surface area contributed by atoms with Gasteiger partial charge in [-0.25, -0.2) is 4.79 Å². The first-order valence-electron chi connectivity index (χ1n) is 12.8. The number of carbonyl (C=O) groups is 2. The monoisotopic (exact) mass is 539 g/mol. The van der Waals surface area contributed by atoms with E-state index in [-0.39, 0.29) is 18.9 Å². The lowest BCUT2D eigenvalue weighted by molar-refractivity contribution is -0.286. The molecule has 0 saturated carbocycles. The van der Waals surface area contributed by atoms with Crippen LogP contribution in [0.2, 0.25) is 0 Å². The van der Waals surface area contributed by atoms with Gasteiger partial charge in [0, 0.05) is 24.0 Å². The minimum Gasteiger partial charge on any atom is -0.497 e. The van der Waals surface area contributed by atoms with Crippen molar-refractivity contribution in [1.82, 2.24) is 5.32 Å². The van der Waals surface area contributed by atoms with Crippen LogP contribution in [0.1, 0.15) is 22.6 Å². The van der Waals surface area contributed by atoms with E-state index in [4.69, 9.17) is 24.0 Å². The maximum atomic E-state index is 13.7. The zero-order valence-corrected chi connectivity index (χ0v) is 22.2. The summed E-state index contributed by atoms with van der Waals surface area (Å²) in [6.07, 6.45) is 0.273. The number of nitrogens with one attached hydrogen (secondary N) is 1. The zero-order valence-electron chi connectivity index (χ0n) is 22.2. The average molecular weight is 540 g/mol. The van der Waals surface area contributed by atoms with Crippen molar-refractivity contribution in [1.29, 1.82) is 0 Å². The van der Waals surface area contributed by atoms with Gasteiger partial charge in [0.2, 0.25) is 6.41 Å². The first-order chi connectivity index (χ1) is 19.6. The number of hydrogen-bond donors (Lipinski definition) is 1. The Morgan fingerprint density at radius 2 is 1.48 bits per heavy atom. The molecule has 1 unspecified atom stereocenters. The minimum atomic E-state index is -1.96. The van der Waals surface area contributed by atoms with Crippen LogP contribution in [0, 0.1) is 0 Å². The van der Waals surface area contributed by atoms with Crippen LogP contribution in [0.5, 0.6) is 17.2 Å². The summed E-state index contributed by atoms with van der Waals surface area (Å²) in [5.41, 5.74) is 3.02. The zero-order chi connectivity index (χ0) is 28.0. The maximum absolute atomic E-state index is 13.7. The van der Waals surface area contributed by atoms with Crippen LogP contribution < -0.4 is 19.5 Å². The summed E-state index contributed by atoms with van der Waals surface area (Å²) in [6, 6.07) is 29.9. The van der Waals surface area contributed by atoms with E-state index < -0.39 is 11.7 Å². The molecule has 1 atom stereocenters. The summed E-state index contributed by atoms with van der Waals surface area (Å²) in [5.74, 6) is 0.300. The van der Waals surface area contributed by atoms with Crippen LogP contribution in [-0.2, 0) is 25.8 Å². The molecule has 0 fully saturated rings. The average Bonchev–Trinajstić information content (AvgIpc) is 3.31. The second-order valence-corrected chi connectivity index (χ2v) is 9.24. The number of fused-ring (bicyclic) bond motifs is 3.